The number of carbonyl (C=O) groups excluding carboxylic acids is 2. The summed E-state index contributed by atoms with van der Waals surface area (Å²) in [6, 6.07) is 4.53. The van der Waals surface area contributed by atoms with Crippen molar-refractivity contribution in [2.24, 2.45) is 11.8 Å². The van der Waals surface area contributed by atoms with Gasteiger partial charge in [0.2, 0.25) is 0 Å². The Hall–Kier alpha value is -2.72. The molecule has 3 atom stereocenters. The summed E-state index contributed by atoms with van der Waals surface area (Å²) in [5, 5.41) is 17.8. The number of hydrogen-bond donors (Lipinski definition) is 4. The molecule has 0 aliphatic heterocycles. The fourth-order valence-electron chi connectivity index (χ4n) is 7.18. The maximum absolute atomic E-state index is 13.2. The second-order valence-corrected chi connectivity index (χ2v) is 12.5. The van der Waals surface area contributed by atoms with Gasteiger partial charge in [-0.05, 0) is 0 Å². The molecule has 45 heavy (non-hydrogen) atoms. The molecule has 4 N–H and O–H groups in total. The number of nitrogens with one attached hydrogen (secondary N) is 3. The molecular weight excluding hydrogens is 572 g/mol. The number of esters is 1. The third kappa shape index (κ3) is 11.9. The molecule has 1 aromatic carbocycles. The Labute approximate surface area is 269 Å². The van der Waals surface area contributed by atoms with Crippen LogP contribution in [-0.2, 0) is 47.8 Å². The van der Waals surface area contributed by atoms with Crippen LogP contribution in [-0.4, -0.2) is 74.9 Å². The molecule has 246 valence electrons. The fraction of sp³-hybridized carbons (Fsp3) is 0.727. The van der Waals surface area contributed by atoms with Gasteiger partial charge >= 0.3 is 269 Å². The number of rotatable bonds is 15. The molecule has 0 radical (unpaired) electrons. The van der Waals surface area contributed by atoms with E-state index in [1.165, 1.54) is 30.4 Å². The van der Waals surface area contributed by atoms with Crippen molar-refractivity contribution >= 4 is 32.1 Å². The van der Waals surface area contributed by atoms with Crippen molar-refractivity contribution < 1.29 is 33.6 Å². The standard InChI is InChI=1S/C24H35BN2O4.C9H16BNO3/c1-2-31-24(29)21(15-19-13-8-12-17-9-6-7-14-20(17)19)27-23(28)22(26-16-25-30)18-10-4-3-5-11-18;12-9(13)8(11-6-10-14)7-4-2-1-3-5-7/h8,12-13,18,21-22,26H,2-7,9-11,14-16H2,1H3,(H,27,28);7-8,11H,1-6H2,(H,12,13)/t21-,22-;8-/m00/s1. The minimum absolute atomic E-state index is 0.130. The predicted molar refractivity (Wildman–Crippen MR) is 173 cm³/mol. The molecular formula is C33H51B2N3O7. The van der Waals surface area contributed by atoms with Crippen LogP contribution in [0.4, 0.5) is 0 Å². The zero-order valence-electron chi connectivity index (χ0n) is 26.9. The van der Waals surface area contributed by atoms with E-state index in [2.05, 4.69) is 28.1 Å². The molecule has 1 amide bonds. The van der Waals surface area contributed by atoms with Crippen molar-refractivity contribution in [1.82, 2.24) is 16.0 Å². The van der Waals surface area contributed by atoms with Gasteiger partial charge in [0.05, 0.1) is 0 Å². The summed E-state index contributed by atoms with van der Waals surface area (Å²) >= 11 is 0. The summed E-state index contributed by atoms with van der Waals surface area (Å²) in [5.74, 6) is -1.07. The van der Waals surface area contributed by atoms with Crippen molar-refractivity contribution in [3.8, 4) is 0 Å². The number of aliphatic carboxylic acids is 1. The van der Waals surface area contributed by atoms with Gasteiger partial charge in [-0.2, -0.15) is 0 Å². The second kappa shape index (κ2) is 20.4. The van der Waals surface area contributed by atoms with E-state index in [9.17, 15) is 23.8 Å². The molecule has 3 aliphatic carbocycles. The quantitative estimate of drug-likeness (QED) is 0.170. The number of amides is 1. The summed E-state index contributed by atoms with van der Waals surface area (Å²) in [7, 11) is 1.49. The molecule has 1 aromatic rings. The van der Waals surface area contributed by atoms with Crippen LogP contribution in [0.1, 0.15) is 101 Å². The molecule has 0 bridgehead atoms. The Morgan fingerprint density at radius 2 is 1.42 bits per heavy atom. The van der Waals surface area contributed by atoms with Crippen molar-refractivity contribution in [3.05, 3.63) is 34.9 Å². The molecule has 2 fully saturated rings. The van der Waals surface area contributed by atoms with E-state index in [1.54, 1.807) is 6.92 Å². The van der Waals surface area contributed by atoms with Crippen LogP contribution in [0.25, 0.3) is 0 Å². The van der Waals surface area contributed by atoms with Crippen LogP contribution in [0, 0.1) is 11.8 Å². The number of aryl methyl sites for hydroxylation is 1. The third-order valence-corrected chi connectivity index (χ3v) is 9.44. The van der Waals surface area contributed by atoms with Gasteiger partial charge in [0, 0.05) is 0 Å². The zero-order valence-corrected chi connectivity index (χ0v) is 26.9. The Bertz CT molecular complexity index is 1110. The van der Waals surface area contributed by atoms with E-state index >= 15 is 0 Å². The molecule has 0 unspecified atom stereocenters. The number of carboxylic acid groups (broad SMARTS) is 1. The first-order valence-corrected chi connectivity index (χ1v) is 17.0. The van der Waals surface area contributed by atoms with Crippen LogP contribution >= 0.6 is 0 Å². The first kappa shape index (κ1) is 36.7. The van der Waals surface area contributed by atoms with Crippen molar-refractivity contribution in [2.45, 2.75) is 121 Å². The summed E-state index contributed by atoms with van der Waals surface area (Å²) in [4.78, 5) is 36.9. The Morgan fingerprint density at radius 1 is 0.844 bits per heavy atom. The number of fused-ring (bicyclic) bond motifs is 1. The van der Waals surface area contributed by atoms with Crippen LogP contribution in [0.5, 0.6) is 0 Å². The molecule has 0 spiro atoms. The van der Waals surface area contributed by atoms with E-state index < -0.39 is 30.1 Å². The van der Waals surface area contributed by atoms with Crippen molar-refractivity contribution in [1.29, 1.82) is 0 Å². The van der Waals surface area contributed by atoms with E-state index in [0.717, 1.165) is 83.3 Å². The normalized spacial score (nSPS) is 18.9. The minimum atomic E-state index is -0.834. The number of ether oxygens (including phenoxy) is 1. The fourth-order valence-corrected chi connectivity index (χ4v) is 7.18. The van der Waals surface area contributed by atoms with Crippen molar-refractivity contribution in [3.63, 3.8) is 0 Å². The van der Waals surface area contributed by atoms with Gasteiger partial charge in [0.15, 0.2) is 0 Å². The molecule has 0 heterocycles. The number of carbonyl (C=O) groups is 3. The van der Waals surface area contributed by atoms with Crippen LogP contribution in [0.3, 0.4) is 0 Å². The zero-order chi connectivity index (χ0) is 32.4. The molecule has 10 nitrogen and oxygen atoms in total. The van der Waals surface area contributed by atoms with E-state index in [1.807, 2.05) is 6.07 Å². The van der Waals surface area contributed by atoms with Crippen molar-refractivity contribution in [2.75, 3.05) is 19.5 Å². The Kier molecular flexibility index (Phi) is 16.7. The van der Waals surface area contributed by atoms with Crippen LogP contribution < -0.4 is 16.0 Å². The monoisotopic (exact) mass is 623 g/mol. The van der Waals surface area contributed by atoms with Gasteiger partial charge in [-0.1, -0.05) is 0 Å². The van der Waals surface area contributed by atoms with Gasteiger partial charge in [-0.25, -0.2) is 0 Å². The first-order valence-electron chi connectivity index (χ1n) is 17.0. The number of benzene rings is 1. The van der Waals surface area contributed by atoms with Gasteiger partial charge in [-0.15, -0.1) is 0 Å². The summed E-state index contributed by atoms with van der Waals surface area (Å²) in [6.45, 7) is 2.05. The molecule has 0 aromatic heterocycles. The predicted octanol–water partition coefficient (Wildman–Crippen LogP) is 3.32. The average molecular weight is 623 g/mol. The van der Waals surface area contributed by atoms with Gasteiger partial charge in [0.1, 0.15) is 0 Å². The number of hydrogen-bond acceptors (Lipinski definition) is 8. The number of carboxylic acids is 1. The van der Waals surface area contributed by atoms with E-state index in [4.69, 9.17) is 9.84 Å². The van der Waals surface area contributed by atoms with Gasteiger partial charge in [0.25, 0.3) is 0 Å². The molecule has 4 rings (SSSR count). The van der Waals surface area contributed by atoms with E-state index in [-0.39, 0.29) is 37.2 Å². The summed E-state index contributed by atoms with van der Waals surface area (Å²) < 4.78 is 26.4. The molecule has 12 heteroatoms. The molecule has 2 saturated carbocycles. The molecule has 0 saturated heterocycles. The maximum atomic E-state index is 13.2. The summed E-state index contributed by atoms with van der Waals surface area (Å²) in [6.07, 6.45) is 15.7. The van der Waals surface area contributed by atoms with Crippen LogP contribution in [0.2, 0.25) is 0 Å². The van der Waals surface area contributed by atoms with Crippen LogP contribution in [0.15, 0.2) is 18.2 Å². The average Bonchev–Trinajstić information content (AvgIpc) is 3.06. The Morgan fingerprint density at radius 3 is 2.00 bits per heavy atom. The second-order valence-electron chi connectivity index (χ2n) is 12.5. The third-order valence-electron chi connectivity index (χ3n) is 9.44. The first-order chi connectivity index (χ1) is 21.9. The topological polar surface area (TPSA) is 151 Å². The SMILES string of the molecule is CCOC(=O)[C@H](Cc1cccc2c1CCCC2)NC(=O)[C@@H](NCB=O)C1CCCCC1.O=BCN[C@H](C(=O)O)C1CCCCC1. The van der Waals surface area contributed by atoms with E-state index in [0.29, 0.717) is 13.6 Å². The Balaban J connectivity index is 0.000000330. The molecule has 3 aliphatic rings. The van der Waals surface area contributed by atoms with Gasteiger partial charge in [-0.3, -0.25) is 0 Å². The van der Waals surface area contributed by atoms with Gasteiger partial charge < -0.3 is 0 Å². The summed E-state index contributed by atoms with van der Waals surface area (Å²) in [5.41, 5.74) is 3.79.